The molecule has 1 heterocycles. The van der Waals surface area contributed by atoms with E-state index in [0.717, 1.165) is 31.0 Å². The number of nitrogens with one attached hydrogen (secondary N) is 2. The van der Waals surface area contributed by atoms with E-state index in [-0.39, 0.29) is 5.54 Å². The molecule has 2 atom stereocenters. The summed E-state index contributed by atoms with van der Waals surface area (Å²) in [5.41, 5.74) is 1.15. The second-order valence-electron chi connectivity index (χ2n) is 6.61. The van der Waals surface area contributed by atoms with E-state index in [1.54, 1.807) is 0 Å². The van der Waals surface area contributed by atoms with Gasteiger partial charge in [0.05, 0.1) is 11.9 Å². The quantitative estimate of drug-likeness (QED) is 0.753. The lowest BCUT2D eigenvalue weighted by molar-refractivity contribution is 0.177. The SMILES string of the molecule is CN[C@@]1(c2ccccc2Cl)CCCC[C@H]1NCCCn1ccnc1. The number of nitrogens with zero attached hydrogens (tertiary/aromatic N) is 2. The Morgan fingerprint density at radius 1 is 1.33 bits per heavy atom. The molecule has 0 amide bonds. The van der Waals surface area contributed by atoms with Crippen molar-refractivity contribution in [2.24, 2.45) is 0 Å². The number of imidazole rings is 1. The Hall–Kier alpha value is -1.36. The van der Waals surface area contributed by atoms with Crippen molar-refractivity contribution in [3.05, 3.63) is 53.6 Å². The van der Waals surface area contributed by atoms with Gasteiger partial charge >= 0.3 is 0 Å². The van der Waals surface area contributed by atoms with E-state index in [1.165, 1.54) is 24.8 Å². The highest BCUT2D eigenvalue weighted by molar-refractivity contribution is 6.31. The first kappa shape index (κ1) is 17.5. The Morgan fingerprint density at radius 3 is 2.96 bits per heavy atom. The van der Waals surface area contributed by atoms with E-state index >= 15 is 0 Å². The third-order valence-corrected chi connectivity index (χ3v) is 5.58. The molecule has 0 saturated heterocycles. The lowest BCUT2D eigenvalue weighted by atomic mass is 9.72. The molecule has 0 unspecified atom stereocenters. The summed E-state index contributed by atoms with van der Waals surface area (Å²) in [5.74, 6) is 0. The first-order chi connectivity index (χ1) is 11.8. The second kappa shape index (κ2) is 8.15. The van der Waals surface area contributed by atoms with Crippen molar-refractivity contribution in [3.8, 4) is 0 Å². The minimum absolute atomic E-state index is 0.0778. The number of aryl methyl sites for hydroxylation is 1. The van der Waals surface area contributed by atoms with Crippen molar-refractivity contribution in [1.82, 2.24) is 20.2 Å². The molecule has 1 aromatic heterocycles. The van der Waals surface area contributed by atoms with E-state index < -0.39 is 0 Å². The van der Waals surface area contributed by atoms with E-state index in [2.05, 4.69) is 39.4 Å². The van der Waals surface area contributed by atoms with Crippen molar-refractivity contribution in [3.63, 3.8) is 0 Å². The van der Waals surface area contributed by atoms with Crippen LogP contribution in [0.4, 0.5) is 0 Å². The summed E-state index contributed by atoms with van der Waals surface area (Å²) in [7, 11) is 2.06. The molecule has 1 aromatic carbocycles. The van der Waals surface area contributed by atoms with Crippen LogP contribution in [0, 0.1) is 0 Å². The van der Waals surface area contributed by atoms with E-state index in [4.69, 9.17) is 11.6 Å². The van der Waals surface area contributed by atoms with Crippen LogP contribution in [0.25, 0.3) is 0 Å². The Balaban J connectivity index is 1.68. The molecule has 5 heteroatoms. The van der Waals surface area contributed by atoms with Crippen LogP contribution in [0.2, 0.25) is 5.02 Å². The maximum Gasteiger partial charge on any atom is 0.0945 e. The van der Waals surface area contributed by atoms with E-state index in [9.17, 15) is 0 Å². The zero-order valence-electron chi connectivity index (χ0n) is 14.3. The molecular formula is C19H27ClN4. The average Bonchev–Trinajstić information content (AvgIpc) is 3.13. The van der Waals surface area contributed by atoms with Gasteiger partial charge in [-0.2, -0.15) is 0 Å². The van der Waals surface area contributed by atoms with Crippen LogP contribution in [0.1, 0.15) is 37.7 Å². The molecule has 0 aliphatic heterocycles. The lowest BCUT2D eigenvalue weighted by Gasteiger charge is -2.45. The zero-order valence-corrected chi connectivity index (χ0v) is 15.1. The van der Waals surface area contributed by atoms with Gasteiger partial charge in [0.25, 0.3) is 0 Å². The van der Waals surface area contributed by atoms with Gasteiger partial charge in [-0.25, -0.2) is 4.98 Å². The summed E-state index contributed by atoms with van der Waals surface area (Å²) in [6, 6.07) is 8.67. The number of halogens is 1. The second-order valence-corrected chi connectivity index (χ2v) is 7.01. The summed E-state index contributed by atoms with van der Waals surface area (Å²) >= 11 is 6.54. The normalized spacial score (nSPS) is 24.2. The smallest absolute Gasteiger partial charge is 0.0945 e. The Bertz CT molecular complexity index is 628. The fourth-order valence-corrected chi connectivity index (χ4v) is 4.29. The van der Waals surface area contributed by atoms with Gasteiger partial charge < -0.3 is 15.2 Å². The first-order valence-electron chi connectivity index (χ1n) is 8.89. The topological polar surface area (TPSA) is 41.9 Å². The molecular weight excluding hydrogens is 320 g/mol. The fourth-order valence-electron chi connectivity index (χ4n) is 3.99. The zero-order chi connectivity index (χ0) is 16.8. The highest BCUT2D eigenvalue weighted by Gasteiger charge is 2.41. The Labute approximate surface area is 149 Å². The third kappa shape index (κ3) is 3.66. The highest BCUT2D eigenvalue weighted by Crippen LogP contribution is 2.40. The molecule has 2 aromatic rings. The lowest BCUT2D eigenvalue weighted by Crippen LogP contribution is -2.58. The maximum absolute atomic E-state index is 6.54. The van der Waals surface area contributed by atoms with Crippen molar-refractivity contribution in [1.29, 1.82) is 0 Å². The van der Waals surface area contributed by atoms with E-state index in [1.807, 2.05) is 30.9 Å². The Kier molecular flexibility index (Phi) is 5.93. The largest absolute Gasteiger partial charge is 0.337 e. The fraction of sp³-hybridized carbons (Fsp3) is 0.526. The molecule has 1 saturated carbocycles. The van der Waals surface area contributed by atoms with Crippen LogP contribution >= 0.6 is 11.6 Å². The van der Waals surface area contributed by atoms with E-state index in [0.29, 0.717) is 6.04 Å². The van der Waals surface area contributed by atoms with Gasteiger partial charge in [-0.1, -0.05) is 42.6 Å². The monoisotopic (exact) mass is 346 g/mol. The predicted molar refractivity (Wildman–Crippen MR) is 99.3 cm³/mol. The van der Waals surface area contributed by atoms with Crippen LogP contribution in [-0.4, -0.2) is 29.2 Å². The molecule has 0 spiro atoms. The van der Waals surface area contributed by atoms with Crippen LogP contribution in [0.15, 0.2) is 43.0 Å². The molecule has 130 valence electrons. The van der Waals surface area contributed by atoms with Crippen molar-refractivity contribution in [2.45, 2.75) is 50.2 Å². The third-order valence-electron chi connectivity index (χ3n) is 5.25. The maximum atomic E-state index is 6.54. The molecule has 1 aliphatic rings. The average molecular weight is 347 g/mol. The number of benzene rings is 1. The Morgan fingerprint density at radius 2 is 2.21 bits per heavy atom. The van der Waals surface area contributed by atoms with Crippen LogP contribution in [0.3, 0.4) is 0 Å². The molecule has 1 aliphatic carbocycles. The molecule has 0 bridgehead atoms. The number of rotatable bonds is 7. The molecule has 4 nitrogen and oxygen atoms in total. The van der Waals surface area contributed by atoms with Crippen molar-refractivity contribution < 1.29 is 0 Å². The summed E-state index contributed by atoms with van der Waals surface area (Å²) in [6.07, 6.45) is 11.6. The summed E-state index contributed by atoms with van der Waals surface area (Å²) in [4.78, 5) is 4.09. The van der Waals surface area contributed by atoms with Crippen molar-refractivity contribution in [2.75, 3.05) is 13.6 Å². The summed E-state index contributed by atoms with van der Waals surface area (Å²) in [6.45, 7) is 2.00. The minimum atomic E-state index is -0.0778. The number of likely N-dealkylation sites (N-methyl/N-ethyl adjacent to an activating group) is 1. The van der Waals surface area contributed by atoms with Crippen LogP contribution < -0.4 is 10.6 Å². The van der Waals surface area contributed by atoms with Gasteiger partial charge in [0.1, 0.15) is 0 Å². The van der Waals surface area contributed by atoms with Gasteiger partial charge in [0.15, 0.2) is 0 Å². The summed E-state index contributed by atoms with van der Waals surface area (Å²) in [5, 5.41) is 8.27. The first-order valence-corrected chi connectivity index (χ1v) is 9.27. The number of aromatic nitrogens is 2. The molecule has 3 rings (SSSR count). The molecule has 1 fully saturated rings. The number of hydrogen-bond acceptors (Lipinski definition) is 3. The molecule has 24 heavy (non-hydrogen) atoms. The van der Waals surface area contributed by atoms with Gasteiger partial charge in [-0.3, -0.25) is 0 Å². The van der Waals surface area contributed by atoms with Gasteiger partial charge in [0.2, 0.25) is 0 Å². The van der Waals surface area contributed by atoms with Crippen LogP contribution in [0.5, 0.6) is 0 Å². The summed E-state index contributed by atoms with van der Waals surface area (Å²) < 4.78 is 2.13. The van der Waals surface area contributed by atoms with Gasteiger partial charge in [0, 0.05) is 30.0 Å². The molecule has 0 radical (unpaired) electrons. The van der Waals surface area contributed by atoms with Gasteiger partial charge in [-0.05, 0) is 44.5 Å². The molecule has 2 N–H and O–H groups in total. The highest BCUT2D eigenvalue weighted by atomic mass is 35.5. The van der Waals surface area contributed by atoms with Gasteiger partial charge in [-0.15, -0.1) is 0 Å². The predicted octanol–water partition coefficient (Wildman–Crippen LogP) is 3.57. The number of hydrogen-bond donors (Lipinski definition) is 2. The standard InChI is InChI=1S/C19H27ClN4/c1-21-19(16-7-2-3-8-17(16)20)10-5-4-9-18(19)23-11-6-13-24-14-12-22-15-24/h2-3,7-8,12,14-15,18,21,23H,4-6,9-11,13H2,1H3/t18-,19-/m1/s1. The minimum Gasteiger partial charge on any atom is -0.337 e. The van der Waals surface area contributed by atoms with Crippen molar-refractivity contribution >= 4 is 11.6 Å². The van der Waals surface area contributed by atoms with Crippen LogP contribution in [-0.2, 0) is 12.1 Å².